The molecule has 150 valence electrons. The van der Waals surface area contributed by atoms with Crippen LogP contribution in [0.25, 0.3) is 0 Å². The summed E-state index contributed by atoms with van der Waals surface area (Å²) in [5.41, 5.74) is 1.09. The van der Waals surface area contributed by atoms with Crippen LogP contribution >= 0.6 is 0 Å². The topological polar surface area (TPSA) is 70.8 Å². The SMILES string of the molecule is C=CCc1cc(CN2[C@H]3CC[C@H]2CC(O)(c2nccn2C)C3)cc(OC)c1O. The average molecular weight is 383 g/mol. The Morgan fingerprint density at radius 3 is 2.61 bits per heavy atom. The lowest BCUT2D eigenvalue weighted by Crippen LogP contribution is -2.50. The number of aromatic nitrogens is 2. The largest absolute Gasteiger partial charge is 0.504 e. The summed E-state index contributed by atoms with van der Waals surface area (Å²) in [6.45, 7) is 4.57. The molecule has 0 unspecified atom stereocenters. The van der Waals surface area contributed by atoms with Crippen molar-refractivity contribution < 1.29 is 14.9 Å². The summed E-state index contributed by atoms with van der Waals surface area (Å²) in [5.74, 6) is 1.46. The highest BCUT2D eigenvalue weighted by Gasteiger charge is 2.49. The lowest BCUT2D eigenvalue weighted by Gasteiger charge is -2.43. The molecule has 2 saturated heterocycles. The van der Waals surface area contributed by atoms with Gasteiger partial charge in [0.1, 0.15) is 11.4 Å². The molecule has 1 aromatic heterocycles. The van der Waals surface area contributed by atoms with Gasteiger partial charge in [0.25, 0.3) is 0 Å². The maximum Gasteiger partial charge on any atom is 0.161 e. The summed E-state index contributed by atoms with van der Waals surface area (Å²) in [4.78, 5) is 6.92. The second-order valence-electron chi connectivity index (χ2n) is 8.16. The molecule has 3 heterocycles. The van der Waals surface area contributed by atoms with Gasteiger partial charge in [0.2, 0.25) is 0 Å². The van der Waals surface area contributed by atoms with Gasteiger partial charge >= 0.3 is 0 Å². The Balaban J connectivity index is 1.57. The van der Waals surface area contributed by atoms with E-state index in [2.05, 4.69) is 16.5 Å². The number of nitrogens with zero attached hydrogens (tertiary/aromatic N) is 3. The van der Waals surface area contributed by atoms with Crippen molar-refractivity contribution in [3.05, 3.63) is 54.1 Å². The van der Waals surface area contributed by atoms with Gasteiger partial charge in [-0.1, -0.05) is 12.1 Å². The summed E-state index contributed by atoms with van der Waals surface area (Å²) >= 11 is 0. The predicted molar refractivity (Wildman–Crippen MR) is 107 cm³/mol. The number of phenolic OH excluding ortho intramolecular Hbond substituents is 1. The van der Waals surface area contributed by atoms with Crippen LogP contribution in [0.2, 0.25) is 0 Å². The van der Waals surface area contributed by atoms with Crippen molar-refractivity contribution in [3.63, 3.8) is 0 Å². The van der Waals surface area contributed by atoms with E-state index in [4.69, 9.17) is 4.74 Å². The number of allylic oxidation sites excluding steroid dienone is 1. The Kier molecular flexibility index (Phi) is 4.93. The number of piperidine rings is 1. The molecule has 28 heavy (non-hydrogen) atoms. The number of aromatic hydroxyl groups is 1. The maximum absolute atomic E-state index is 11.3. The number of imidazole rings is 1. The second kappa shape index (κ2) is 7.26. The minimum absolute atomic E-state index is 0.192. The highest BCUT2D eigenvalue weighted by Crippen LogP contribution is 2.46. The molecule has 0 radical (unpaired) electrons. The molecule has 0 aliphatic carbocycles. The molecule has 2 aliphatic heterocycles. The summed E-state index contributed by atoms with van der Waals surface area (Å²) in [5, 5.41) is 21.7. The Labute approximate surface area is 166 Å². The van der Waals surface area contributed by atoms with Crippen molar-refractivity contribution in [2.24, 2.45) is 7.05 Å². The van der Waals surface area contributed by atoms with Gasteiger partial charge in [-0.3, -0.25) is 4.90 Å². The zero-order valence-electron chi connectivity index (χ0n) is 16.6. The lowest BCUT2D eigenvalue weighted by atomic mass is 9.85. The smallest absolute Gasteiger partial charge is 0.161 e. The number of hydrogen-bond acceptors (Lipinski definition) is 5. The first kappa shape index (κ1) is 19.0. The molecule has 6 nitrogen and oxygen atoms in total. The van der Waals surface area contributed by atoms with Gasteiger partial charge in [0.05, 0.1) is 7.11 Å². The fraction of sp³-hybridized carbons (Fsp3) is 0.500. The van der Waals surface area contributed by atoms with Gasteiger partial charge in [-0.25, -0.2) is 4.98 Å². The van der Waals surface area contributed by atoms with Crippen molar-refractivity contribution in [2.45, 2.75) is 56.3 Å². The van der Waals surface area contributed by atoms with E-state index >= 15 is 0 Å². The molecular weight excluding hydrogens is 354 g/mol. The van der Waals surface area contributed by atoms with Crippen molar-refractivity contribution in [3.8, 4) is 11.5 Å². The maximum atomic E-state index is 11.3. The first-order chi connectivity index (χ1) is 13.4. The van der Waals surface area contributed by atoms with E-state index in [1.54, 1.807) is 19.4 Å². The first-order valence-corrected chi connectivity index (χ1v) is 9.90. The first-order valence-electron chi connectivity index (χ1n) is 9.90. The molecule has 1 aromatic carbocycles. The summed E-state index contributed by atoms with van der Waals surface area (Å²) in [6.07, 6.45) is 9.61. The number of benzene rings is 1. The molecule has 0 spiro atoms. The van der Waals surface area contributed by atoms with E-state index in [-0.39, 0.29) is 5.75 Å². The average Bonchev–Trinajstić information content (AvgIpc) is 3.20. The third kappa shape index (κ3) is 3.20. The molecule has 2 aliphatic rings. The van der Waals surface area contributed by atoms with Gasteiger partial charge in [-0.2, -0.15) is 0 Å². The molecule has 0 saturated carbocycles. The summed E-state index contributed by atoms with van der Waals surface area (Å²) in [7, 11) is 3.52. The van der Waals surface area contributed by atoms with Gasteiger partial charge in [-0.15, -0.1) is 6.58 Å². The molecule has 2 aromatic rings. The molecule has 6 heteroatoms. The van der Waals surface area contributed by atoms with E-state index in [1.807, 2.05) is 29.9 Å². The molecular formula is C22H29N3O3. The van der Waals surface area contributed by atoms with Crippen molar-refractivity contribution in [2.75, 3.05) is 7.11 Å². The van der Waals surface area contributed by atoms with Gasteiger partial charge < -0.3 is 19.5 Å². The normalized spacial score (nSPS) is 27.1. The minimum Gasteiger partial charge on any atom is -0.504 e. The molecule has 4 rings (SSSR count). The number of aliphatic hydroxyl groups is 1. The number of hydrogen-bond donors (Lipinski definition) is 2. The Bertz CT molecular complexity index is 862. The highest BCUT2D eigenvalue weighted by atomic mass is 16.5. The molecule has 2 fully saturated rings. The molecule has 0 amide bonds. The quantitative estimate of drug-likeness (QED) is 0.751. The fourth-order valence-electron chi connectivity index (χ4n) is 5.07. The van der Waals surface area contributed by atoms with E-state index in [0.717, 1.165) is 36.3 Å². The predicted octanol–water partition coefficient (Wildman–Crippen LogP) is 2.88. The van der Waals surface area contributed by atoms with Crippen molar-refractivity contribution >= 4 is 0 Å². The fourth-order valence-corrected chi connectivity index (χ4v) is 5.07. The van der Waals surface area contributed by atoms with Crippen LogP contribution in [0, 0.1) is 0 Å². The van der Waals surface area contributed by atoms with Gasteiger partial charge in [0.15, 0.2) is 11.5 Å². The van der Waals surface area contributed by atoms with E-state index < -0.39 is 5.60 Å². The van der Waals surface area contributed by atoms with Crippen molar-refractivity contribution in [1.29, 1.82) is 0 Å². The zero-order valence-corrected chi connectivity index (χ0v) is 16.6. The lowest BCUT2D eigenvalue weighted by molar-refractivity contribution is -0.0669. The minimum atomic E-state index is -0.860. The van der Waals surface area contributed by atoms with E-state index in [1.165, 1.54) is 0 Å². The monoisotopic (exact) mass is 383 g/mol. The van der Waals surface area contributed by atoms with E-state index in [9.17, 15) is 10.2 Å². The Hall–Kier alpha value is -2.31. The number of ether oxygens (including phenoxy) is 1. The second-order valence-corrected chi connectivity index (χ2v) is 8.16. The van der Waals surface area contributed by atoms with Gasteiger partial charge in [-0.05, 0) is 43.7 Å². The summed E-state index contributed by atoms with van der Waals surface area (Å²) < 4.78 is 7.30. The standard InChI is InChI=1S/C22H29N3O3/c1-4-5-16-10-15(11-19(28-3)20(16)26)14-25-17-6-7-18(25)13-22(27,12-17)21-23-8-9-24(21)2/h4,8-11,17-18,26-27H,1,5-7,12-14H2,2-3H3/t17-,18-/m0/s1. The number of aryl methyl sites for hydroxylation is 1. The molecule has 2 bridgehead atoms. The van der Waals surface area contributed by atoms with Crippen LogP contribution in [0.5, 0.6) is 11.5 Å². The van der Waals surface area contributed by atoms with Crippen LogP contribution < -0.4 is 4.74 Å². The number of fused-ring (bicyclic) bond motifs is 2. The van der Waals surface area contributed by atoms with Crippen molar-refractivity contribution in [1.82, 2.24) is 14.5 Å². The number of methoxy groups -OCH3 is 1. The van der Waals surface area contributed by atoms with Crippen LogP contribution in [0.4, 0.5) is 0 Å². The van der Waals surface area contributed by atoms with Gasteiger partial charge in [0, 0.05) is 43.6 Å². The Morgan fingerprint density at radius 1 is 1.32 bits per heavy atom. The number of phenols is 1. The van der Waals surface area contributed by atoms with Crippen LogP contribution in [-0.2, 0) is 25.6 Å². The zero-order chi connectivity index (χ0) is 19.9. The molecule has 2 atom stereocenters. The summed E-state index contributed by atoms with van der Waals surface area (Å²) in [6, 6.07) is 4.60. The van der Waals surface area contributed by atoms with E-state index in [0.29, 0.717) is 37.1 Å². The third-order valence-electron chi connectivity index (χ3n) is 6.32. The van der Waals surface area contributed by atoms with Crippen LogP contribution in [0.1, 0.15) is 42.6 Å². The van der Waals surface area contributed by atoms with Crippen LogP contribution in [0.3, 0.4) is 0 Å². The van der Waals surface area contributed by atoms with Crippen LogP contribution in [-0.4, -0.2) is 43.9 Å². The number of rotatable bonds is 6. The molecule has 2 N–H and O–H groups in total. The Morgan fingerprint density at radius 2 is 2.04 bits per heavy atom. The highest BCUT2D eigenvalue weighted by molar-refractivity contribution is 5.49. The van der Waals surface area contributed by atoms with Crippen LogP contribution in [0.15, 0.2) is 37.2 Å². The third-order valence-corrected chi connectivity index (χ3v) is 6.32.